The van der Waals surface area contributed by atoms with Gasteiger partial charge in [0.05, 0.1) is 0 Å². The first-order valence-corrected chi connectivity index (χ1v) is 5.16. The van der Waals surface area contributed by atoms with Crippen molar-refractivity contribution in [2.75, 3.05) is 0 Å². The average Bonchev–Trinajstić information content (AvgIpc) is 2.39. The zero-order valence-electron chi connectivity index (χ0n) is 9.08. The summed E-state index contributed by atoms with van der Waals surface area (Å²) in [6.45, 7) is 0. The van der Waals surface area contributed by atoms with Crippen LogP contribution in [0.4, 0.5) is 0 Å². The van der Waals surface area contributed by atoms with Crippen molar-refractivity contribution in [1.29, 1.82) is 0 Å². The number of pyridine rings is 1. The van der Waals surface area contributed by atoms with Gasteiger partial charge in [-0.3, -0.25) is 9.78 Å². The van der Waals surface area contributed by atoms with Crippen LogP contribution in [-0.4, -0.2) is 16.0 Å². The quantitative estimate of drug-likeness (QED) is 0.830. The smallest absolute Gasteiger partial charge is 0.248 e. The van der Waals surface area contributed by atoms with E-state index in [1.165, 1.54) is 0 Å². The fourth-order valence-electron chi connectivity index (χ4n) is 1.57. The number of benzene rings is 1. The minimum absolute atomic E-state index is 0.427. The van der Waals surface area contributed by atoms with Crippen molar-refractivity contribution in [3.05, 3.63) is 65.5 Å². The van der Waals surface area contributed by atoms with Crippen molar-refractivity contribution in [1.82, 2.24) is 4.98 Å². The third-order valence-electron chi connectivity index (χ3n) is 2.53. The Bertz CT molecular complexity index is 509. The molecular formula is C13H12N2O2. The molecule has 2 aromatic rings. The number of carbonyl (C=O) groups excluding carboxylic acids is 1. The van der Waals surface area contributed by atoms with Gasteiger partial charge >= 0.3 is 0 Å². The Balaban J connectivity index is 2.26. The fraction of sp³-hybridized carbons (Fsp3) is 0.0769. The van der Waals surface area contributed by atoms with Gasteiger partial charge in [-0.15, -0.1) is 0 Å². The number of aliphatic hydroxyl groups excluding tert-OH is 1. The van der Waals surface area contributed by atoms with Gasteiger partial charge in [-0.2, -0.15) is 0 Å². The second-order valence-electron chi connectivity index (χ2n) is 3.67. The normalized spacial score (nSPS) is 12.1. The highest BCUT2D eigenvalue weighted by Crippen LogP contribution is 2.21. The van der Waals surface area contributed by atoms with Crippen molar-refractivity contribution in [2.24, 2.45) is 5.73 Å². The number of carbonyl (C=O) groups is 1. The Morgan fingerprint density at radius 3 is 2.12 bits per heavy atom. The van der Waals surface area contributed by atoms with Crippen LogP contribution in [0.3, 0.4) is 0 Å². The zero-order valence-corrected chi connectivity index (χ0v) is 9.08. The summed E-state index contributed by atoms with van der Waals surface area (Å²) in [6, 6.07) is 10.1. The molecular weight excluding hydrogens is 216 g/mol. The highest BCUT2D eigenvalue weighted by Gasteiger charge is 2.10. The van der Waals surface area contributed by atoms with Gasteiger partial charge in [0.25, 0.3) is 0 Å². The van der Waals surface area contributed by atoms with Crippen molar-refractivity contribution < 1.29 is 9.90 Å². The van der Waals surface area contributed by atoms with Crippen LogP contribution in [0.15, 0.2) is 48.8 Å². The molecule has 0 radical (unpaired) electrons. The second kappa shape index (κ2) is 4.76. The molecule has 4 nitrogen and oxygen atoms in total. The van der Waals surface area contributed by atoms with Gasteiger partial charge in [0.2, 0.25) is 5.91 Å². The van der Waals surface area contributed by atoms with Crippen LogP contribution in [0.25, 0.3) is 0 Å². The Hall–Kier alpha value is -2.20. The summed E-state index contributed by atoms with van der Waals surface area (Å²) in [5, 5.41) is 10.1. The van der Waals surface area contributed by atoms with E-state index in [0.717, 1.165) is 5.56 Å². The molecule has 3 N–H and O–H groups in total. The van der Waals surface area contributed by atoms with Crippen molar-refractivity contribution >= 4 is 5.91 Å². The predicted molar refractivity (Wildman–Crippen MR) is 63.3 cm³/mol. The van der Waals surface area contributed by atoms with E-state index >= 15 is 0 Å². The van der Waals surface area contributed by atoms with Crippen molar-refractivity contribution in [2.45, 2.75) is 6.10 Å². The molecule has 0 aliphatic rings. The molecule has 0 aliphatic heterocycles. The van der Waals surface area contributed by atoms with Crippen molar-refractivity contribution in [3.63, 3.8) is 0 Å². The molecule has 0 spiro atoms. The van der Waals surface area contributed by atoms with Gasteiger partial charge in [0, 0.05) is 18.0 Å². The first-order valence-electron chi connectivity index (χ1n) is 5.16. The molecule has 1 aromatic heterocycles. The fourth-order valence-corrected chi connectivity index (χ4v) is 1.57. The number of aromatic nitrogens is 1. The SMILES string of the molecule is NC(=O)c1ccc(C(O)c2ccncc2)cc1. The second-order valence-corrected chi connectivity index (χ2v) is 3.67. The summed E-state index contributed by atoms with van der Waals surface area (Å²) >= 11 is 0. The Morgan fingerprint density at radius 1 is 1.06 bits per heavy atom. The maximum absolute atomic E-state index is 10.9. The van der Waals surface area contributed by atoms with Crippen LogP contribution >= 0.6 is 0 Å². The van der Waals surface area contributed by atoms with E-state index in [4.69, 9.17) is 5.73 Å². The van der Waals surface area contributed by atoms with E-state index < -0.39 is 12.0 Å². The number of rotatable bonds is 3. The molecule has 1 unspecified atom stereocenters. The summed E-state index contributed by atoms with van der Waals surface area (Å²) in [4.78, 5) is 14.8. The summed E-state index contributed by atoms with van der Waals surface area (Å²) in [5.41, 5.74) is 7.03. The van der Waals surface area contributed by atoms with Crippen LogP contribution in [0.2, 0.25) is 0 Å². The number of amides is 1. The molecule has 86 valence electrons. The van der Waals surface area contributed by atoms with Gasteiger partial charge < -0.3 is 10.8 Å². The third-order valence-corrected chi connectivity index (χ3v) is 2.53. The molecule has 17 heavy (non-hydrogen) atoms. The molecule has 0 aliphatic carbocycles. The Kier molecular flexibility index (Phi) is 3.16. The number of aliphatic hydroxyl groups is 1. The molecule has 0 fully saturated rings. The molecule has 1 aromatic carbocycles. The number of nitrogens with two attached hydrogens (primary N) is 1. The van der Waals surface area contributed by atoms with E-state index in [0.29, 0.717) is 11.1 Å². The summed E-state index contributed by atoms with van der Waals surface area (Å²) in [5.74, 6) is -0.477. The highest BCUT2D eigenvalue weighted by atomic mass is 16.3. The minimum atomic E-state index is -0.722. The molecule has 4 heteroatoms. The monoisotopic (exact) mass is 228 g/mol. The van der Waals surface area contributed by atoms with Gasteiger partial charge in [0.1, 0.15) is 6.10 Å². The first-order chi connectivity index (χ1) is 8.18. The number of hydrogen-bond donors (Lipinski definition) is 2. The molecule has 1 amide bonds. The number of hydrogen-bond acceptors (Lipinski definition) is 3. The Morgan fingerprint density at radius 2 is 1.59 bits per heavy atom. The highest BCUT2D eigenvalue weighted by molar-refractivity contribution is 5.92. The van der Waals surface area contributed by atoms with Gasteiger partial charge in [-0.1, -0.05) is 12.1 Å². The molecule has 0 bridgehead atoms. The van der Waals surface area contributed by atoms with Crippen molar-refractivity contribution in [3.8, 4) is 0 Å². The van der Waals surface area contributed by atoms with Crippen LogP contribution in [-0.2, 0) is 0 Å². The lowest BCUT2D eigenvalue weighted by Crippen LogP contribution is -2.11. The molecule has 1 heterocycles. The number of primary amides is 1. The lowest BCUT2D eigenvalue weighted by molar-refractivity contribution is 0.1000. The predicted octanol–water partition coefficient (Wildman–Crippen LogP) is 1.26. The Labute approximate surface area is 98.7 Å². The lowest BCUT2D eigenvalue weighted by Gasteiger charge is -2.11. The summed E-state index contributed by atoms with van der Waals surface area (Å²) in [6.07, 6.45) is 2.52. The first kappa shape index (κ1) is 11.3. The summed E-state index contributed by atoms with van der Waals surface area (Å²) in [7, 11) is 0. The number of nitrogens with zero attached hydrogens (tertiary/aromatic N) is 1. The van der Waals surface area contributed by atoms with E-state index in [9.17, 15) is 9.90 Å². The van der Waals surface area contributed by atoms with Crippen LogP contribution in [0.1, 0.15) is 27.6 Å². The van der Waals surface area contributed by atoms with Gasteiger partial charge in [-0.25, -0.2) is 0 Å². The average molecular weight is 228 g/mol. The van der Waals surface area contributed by atoms with E-state index in [-0.39, 0.29) is 0 Å². The van der Waals surface area contributed by atoms with Crippen LogP contribution < -0.4 is 5.73 Å². The molecule has 0 saturated heterocycles. The largest absolute Gasteiger partial charge is 0.384 e. The minimum Gasteiger partial charge on any atom is -0.384 e. The molecule has 2 rings (SSSR count). The molecule has 1 atom stereocenters. The van der Waals surface area contributed by atoms with E-state index in [2.05, 4.69) is 4.98 Å². The van der Waals surface area contributed by atoms with Gasteiger partial charge in [0.15, 0.2) is 0 Å². The lowest BCUT2D eigenvalue weighted by atomic mass is 10.0. The summed E-state index contributed by atoms with van der Waals surface area (Å²) < 4.78 is 0. The third kappa shape index (κ3) is 2.49. The van der Waals surface area contributed by atoms with E-state index in [1.54, 1.807) is 48.8 Å². The maximum atomic E-state index is 10.9. The van der Waals surface area contributed by atoms with Gasteiger partial charge in [-0.05, 0) is 35.4 Å². The topological polar surface area (TPSA) is 76.2 Å². The molecule has 0 saturated carbocycles. The van der Waals surface area contributed by atoms with Crippen LogP contribution in [0.5, 0.6) is 0 Å². The van der Waals surface area contributed by atoms with E-state index in [1.807, 2.05) is 0 Å². The maximum Gasteiger partial charge on any atom is 0.248 e. The van der Waals surface area contributed by atoms with Crippen LogP contribution in [0, 0.1) is 0 Å². The zero-order chi connectivity index (χ0) is 12.3. The standard InChI is InChI=1S/C13H12N2O2/c14-13(17)11-3-1-9(2-4-11)12(16)10-5-7-15-8-6-10/h1-8,12,16H,(H2,14,17).